The van der Waals surface area contributed by atoms with Gasteiger partial charge in [0.2, 0.25) is 0 Å². The van der Waals surface area contributed by atoms with Crippen molar-refractivity contribution in [3.8, 4) is 0 Å². The minimum absolute atomic E-state index is 0. The Kier molecular flexibility index (Phi) is 7.20. The molecule has 0 aliphatic carbocycles. The zero-order valence-electron chi connectivity index (χ0n) is 16.5. The SMILES string of the molecule is Cl.O=C(/C=C/c1ccc(Cc2nc3ccc(C(O)c4ccccc4)cc3[nH]2)cc1)NO. The molecular formula is C24H22ClN3O3. The van der Waals surface area contributed by atoms with Gasteiger partial charge in [0.1, 0.15) is 11.9 Å². The standard InChI is InChI=1S/C24H21N3O3.ClH/c28-23(27-30)13-10-16-6-8-17(9-7-16)14-22-25-20-12-11-19(15-21(20)26-22)24(29)18-4-2-1-3-5-18;/h1-13,15,24,29-30H,14H2,(H,25,26)(H,27,28);1H/b13-10+;. The Balaban J connectivity index is 0.00000272. The summed E-state index contributed by atoms with van der Waals surface area (Å²) in [6, 6.07) is 23.0. The number of aliphatic hydroxyl groups is 1. The summed E-state index contributed by atoms with van der Waals surface area (Å²) in [4.78, 5) is 19.0. The quantitative estimate of drug-likeness (QED) is 0.207. The van der Waals surface area contributed by atoms with E-state index in [0.717, 1.165) is 39.1 Å². The zero-order valence-corrected chi connectivity index (χ0v) is 17.3. The third-order valence-corrected chi connectivity index (χ3v) is 4.87. The zero-order chi connectivity index (χ0) is 20.9. The van der Waals surface area contributed by atoms with Gasteiger partial charge in [-0.05, 0) is 40.5 Å². The lowest BCUT2D eigenvalue weighted by molar-refractivity contribution is -0.124. The predicted molar refractivity (Wildman–Crippen MR) is 122 cm³/mol. The van der Waals surface area contributed by atoms with Crippen molar-refractivity contribution in [1.29, 1.82) is 0 Å². The highest BCUT2D eigenvalue weighted by atomic mass is 35.5. The highest BCUT2D eigenvalue weighted by Gasteiger charge is 2.12. The van der Waals surface area contributed by atoms with Crippen LogP contribution in [0.15, 0.2) is 78.9 Å². The molecule has 0 spiro atoms. The van der Waals surface area contributed by atoms with E-state index in [1.165, 1.54) is 6.08 Å². The third kappa shape index (κ3) is 5.38. The molecule has 0 aliphatic rings. The van der Waals surface area contributed by atoms with E-state index in [1.54, 1.807) is 11.6 Å². The van der Waals surface area contributed by atoms with E-state index in [0.29, 0.717) is 6.42 Å². The van der Waals surface area contributed by atoms with E-state index in [9.17, 15) is 9.90 Å². The molecule has 0 bridgehead atoms. The number of nitrogens with one attached hydrogen (secondary N) is 2. The highest BCUT2D eigenvalue weighted by Crippen LogP contribution is 2.25. The van der Waals surface area contributed by atoms with Crippen LogP contribution in [0.1, 0.15) is 34.2 Å². The molecule has 4 N–H and O–H groups in total. The van der Waals surface area contributed by atoms with Gasteiger partial charge < -0.3 is 10.1 Å². The van der Waals surface area contributed by atoms with E-state index in [2.05, 4.69) is 9.97 Å². The first-order chi connectivity index (χ1) is 14.6. The second-order valence-electron chi connectivity index (χ2n) is 7.00. The largest absolute Gasteiger partial charge is 0.384 e. The summed E-state index contributed by atoms with van der Waals surface area (Å²) in [6.07, 6.45) is 2.83. The Bertz CT molecular complexity index is 1190. The molecule has 1 heterocycles. The van der Waals surface area contributed by atoms with E-state index in [1.807, 2.05) is 72.8 Å². The van der Waals surface area contributed by atoms with Gasteiger partial charge in [-0.2, -0.15) is 0 Å². The lowest BCUT2D eigenvalue weighted by Gasteiger charge is -2.11. The van der Waals surface area contributed by atoms with Gasteiger partial charge >= 0.3 is 0 Å². The number of carbonyl (C=O) groups is 1. The van der Waals surface area contributed by atoms with Crippen molar-refractivity contribution in [1.82, 2.24) is 15.4 Å². The van der Waals surface area contributed by atoms with E-state index in [4.69, 9.17) is 5.21 Å². The van der Waals surface area contributed by atoms with E-state index in [-0.39, 0.29) is 12.4 Å². The molecular weight excluding hydrogens is 414 g/mol. The van der Waals surface area contributed by atoms with Crippen LogP contribution in [0.2, 0.25) is 0 Å². The number of benzene rings is 3. The number of aromatic amines is 1. The van der Waals surface area contributed by atoms with Gasteiger partial charge in [-0.1, -0.05) is 60.7 Å². The molecule has 1 atom stereocenters. The Morgan fingerprint density at radius 2 is 1.77 bits per heavy atom. The lowest BCUT2D eigenvalue weighted by Crippen LogP contribution is -2.14. The molecule has 1 unspecified atom stereocenters. The maximum absolute atomic E-state index is 11.0. The third-order valence-electron chi connectivity index (χ3n) is 4.87. The fourth-order valence-corrected chi connectivity index (χ4v) is 3.31. The summed E-state index contributed by atoms with van der Waals surface area (Å²) in [5.41, 5.74) is 6.88. The highest BCUT2D eigenvalue weighted by molar-refractivity contribution is 5.90. The van der Waals surface area contributed by atoms with Crippen molar-refractivity contribution in [2.45, 2.75) is 12.5 Å². The monoisotopic (exact) mass is 435 g/mol. The van der Waals surface area contributed by atoms with Crippen LogP contribution >= 0.6 is 12.4 Å². The smallest absolute Gasteiger partial charge is 0.267 e. The van der Waals surface area contributed by atoms with E-state index >= 15 is 0 Å². The average Bonchev–Trinajstić information content (AvgIpc) is 3.19. The van der Waals surface area contributed by atoms with Gasteiger partial charge in [-0.25, -0.2) is 10.5 Å². The fourth-order valence-electron chi connectivity index (χ4n) is 3.31. The van der Waals surface area contributed by atoms with Crippen molar-refractivity contribution in [2.24, 2.45) is 0 Å². The molecule has 158 valence electrons. The second-order valence-corrected chi connectivity index (χ2v) is 7.00. The molecule has 1 aromatic heterocycles. The molecule has 4 rings (SSSR count). The average molecular weight is 436 g/mol. The van der Waals surface area contributed by atoms with Crippen LogP contribution < -0.4 is 5.48 Å². The Hall–Kier alpha value is -3.45. The number of H-pyrrole nitrogens is 1. The number of nitrogens with zero attached hydrogens (tertiary/aromatic N) is 1. The number of hydroxylamine groups is 1. The Morgan fingerprint density at radius 1 is 1.03 bits per heavy atom. The summed E-state index contributed by atoms with van der Waals surface area (Å²) >= 11 is 0. The normalized spacial score (nSPS) is 11.9. The first-order valence-electron chi connectivity index (χ1n) is 9.55. The molecule has 3 aromatic carbocycles. The number of hydrogen-bond donors (Lipinski definition) is 4. The van der Waals surface area contributed by atoms with Crippen LogP contribution in [0.3, 0.4) is 0 Å². The maximum Gasteiger partial charge on any atom is 0.267 e. The number of fused-ring (bicyclic) bond motifs is 1. The first kappa shape index (κ1) is 22.2. The van der Waals surface area contributed by atoms with Gasteiger partial charge in [0.25, 0.3) is 5.91 Å². The molecule has 7 heteroatoms. The Labute approximate surface area is 185 Å². The van der Waals surface area contributed by atoms with Crippen molar-refractivity contribution in [3.05, 3.63) is 107 Å². The molecule has 4 aromatic rings. The number of rotatable bonds is 6. The number of imidazole rings is 1. The summed E-state index contributed by atoms with van der Waals surface area (Å²) in [5.74, 6) is 0.261. The summed E-state index contributed by atoms with van der Waals surface area (Å²) in [7, 11) is 0. The molecule has 0 saturated carbocycles. The molecule has 31 heavy (non-hydrogen) atoms. The van der Waals surface area contributed by atoms with Crippen molar-refractivity contribution < 1.29 is 15.1 Å². The number of aliphatic hydroxyl groups excluding tert-OH is 1. The fraction of sp³-hybridized carbons (Fsp3) is 0.0833. The van der Waals surface area contributed by atoms with Gasteiger partial charge in [0, 0.05) is 12.5 Å². The van der Waals surface area contributed by atoms with E-state index < -0.39 is 12.0 Å². The van der Waals surface area contributed by atoms with Crippen LogP contribution in [0.5, 0.6) is 0 Å². The van der Waals surface area contributed by atoms with Gasteiger partial charge in [0.05, 0.1) is 11.0 Å². The number of hydrogen-bond acceptors (Lipinski definition) is 4. The number of carbonyl (C=O) groups excluding carboxylic acids is 1. The summed E-state index contributed by atoms with van der Waals surface area (Å²) in [5, 5.41) is 19.1. The van der Waals surface area contributed by atoms with Crippen molar-refractivity contribution in [3.63, 3.8) is 0 Å². The minimum Gasteiger partial charge on any atom is -0.384 e. The second kappa shape index (κ2) is 10.0. The maximum atomic E-state index is 11.0. The number of halogens is 1. The predicted octanol–water partition coefficient (Wildman–Crippen LogP) is 4.18. The van der Waals surface area contributed by atoms with Crippen LogP contribution in [0.25, 0.3) is 17.1 Å². The Morgan fingerprint density at radius 3 is 2.48 bits per heavy atom. The molecule has 0 radical (unpaired) electrons. The van der Waals surface area contributed by atoms with Gasteiger partial charge in [0.15, 0.2) is 0 Å². The molecule has 0 aliphatic heterocycles. The summed E-state index contributed by atoms with van der Waals surface area (Å²) < 4.78 is 0. The summed E-state index contributed by atoms with van der Waals surface area (Å²) in [6.45, 7) is 0. The molecule has 1 amide bonds. The minimum atomic E-state index is -0.684. The van der Waals surface area contributed by atoms with Crippen LogP contribution in [-0.4, -0.2) is 26.2 Å². The number of amides is 1. The van der Waals surface area contributed by atoms with Crippen LogP contribution in [-0.2, 0) is 11.2 Å². The first-order valence-corrected chi connectivity index (χ1v) is 9.55. The lowest BCUT2D eigenvalue weighted by atomic mass is 10.0. The van der Waals surface area contributed by atoms with Crippen LogP contribution in [0, 0.1) is 0 Å². The topological polar surface area (TPSA) is 98.2 Å². The molecule has 0 saturated heterocycles. The molecule has 0 fully saturated rings. The van der Waals surface area contributed by atoms with Crippen molar-refractivity contribution >= 4 is 35.4 Å². The van der Waals surface area contributed by atoms with Crippen molar-refractivity contribution in [2.75, 3.05) is 0 Å². The van der Waals surface area contributed by atoms with Gasteiger partial charge in [-0.3, -0.25) is 10.0 Å². The molecule has 6 nitrogen and oxygen atoms in total. The number of aromatic nitrogens is 2. The van der Waals surface area contributed by atoms with Gasteiger partial charge in [-0.15, -0.1) is 12.4 Å². The van der Waals surface area contributed by atoms with Crippen LogP contribution in [0.4, 0.5) is 0 Å².